The second kappa shape index (κ2) is 14.7. The summed E-state index contributed by atoms with van der Waals surface area (Å²) in [6.45, 7) is 9.88. The van der Waals surface area contributed by atoms with Gasteiger partial charge in [0.15, 0.2) is 0 Å². The van der Waals surface area contributed by atoms with E-state index in [1.54, 1.807) is 47.4 Å². The Morgan fingerprint density at radius 3 is 2.23 bits per heavy atom. The number of benzene rings is 3. The molecule has 47 heavy (non-hydrogen) atoms. The van der Waals surface area contributed by atoms with Gasteiger partial charge in [0.05, 0.1) is 18.1 Å². The molecule has 0 unspecified atom stereocenters. The van der Waals surface area contributed by atoms with E-state index in [1.807, 2.05) is 70.1 Å². The van der Waals surface area contributed by atoms with E-state index in [9.17, 15) is 19.2 Å². The minimum absolute atomic E-state index is 0.0955. The fourth-order valence-electron chi connectivity index (χ4n) is 5.25. The molecule has 0 aliphatic carbocycles. The van der Waals surface area contributed by atoms with E-state index in [2.05, 4.69) is 27.8 Å². The van der Waals surface area contributed by atoms with Gasteiger partial charge in [0.25, 0.3) is 11.8 Å². The topological polar surface area (TPSA) is 147 Å². The lowest BCUT2D eigenvalue weighted by Gasteiger charge is -2.35. The Labute approximate surface area is 275 Å². The fraction of sp³-hybridized carbons (Fsp3) is 0.250. The number of hydrogen-bond acceptors (Lipinski definition) is 6. The minimum atomic E-state index is -0.699. The van der Waals surface area contributed by atoms with Crippen molar-refractivity contribution in [1.29, 1.82) is 5.41 Å². The third-order valence-corrected chi connectivity index (χ3v) is 8.18. The van der Waals surface area contributed by atoms with Crippen molar-refractivity contribution in [1.82, 2.24) is 20.4 Å². The Morgan fingerprint density at radius 2 is 1.60 bits per heavy atom. The molecule has 3 aromatic carbocycles. The molecule has 0 saturated heterocycles. The van der Waals surface area contributed by atoms with Gasteiger partial charge in [-0.1, -0.05) is 43.0 Å². The van der Waals surface area contributed by atoms with E-state index in [-0.39, 0.29) is 35.9 Å². The van der Waals surface area contributed by atoms with Crippen LogP contribution in [0.5, 0.6) is 0 Å². The number of nitrogens with zero attached hydrogens (tertiary/aromatic N) is 2. The van der Waals surface area contributed by atoms with E-state index < -0.39 is 17.4 Å². The molecule has 1 aliphatic rings. The Morgan fingerprint density at radius 1 is 0.915 bits per heavy atom. The van der Waals surface area contributed by atoms with Crippen LogP contribution in [-0.2, 0) is 4.79 Å². The molecule has 1 heterocycles. The molecule has 0 saturated carbocycles. The van der Waals surface area contributed by atoms with E-state index in [1.165, 1.54) is 6.07 Å². The number of hydrogen-bond donors (Lipinski definition) is 5. The summed E-state index contributed by atoms with van der Waals surface area (Å²) in [7, 11) is 3.90. The predicted octanol–water partition coefficient (Wildman–Crippen LogP) is 5.19. The molecule has 3 aromatic rings. The quantitative estimate of drug-likeness (QED) is 0.118. The third-order valence-electron chi connectivity index (χ3n) is 8.18. The van der Waals surface area contributed by atoms with Crippen molar-refractivity contribution in [2.75, 3.05) is 37.8 Å². The molecule has 1 atom stereocenters. The van der Waals surface area contributed by atoms with E-state index in [0.717, 1.165) is 17.2 Å². The van der Waals surface area contributed by atoms with Crippen LogP contribution in [0, 0.1) is 5.41 Å². The first kappa shape index (κ1) is 34.3. The van der Waals surface area contributed by atoms with Crippen molar-refractivity contribution >= 4 is 41.0 Å². The van der Waals surface area contributed by atoms with Crippen molar-refractivity contribution in [2.45, 2.75) is 32.4 Å². The number of urea groups is 1. The summed E-state index contributed by atoms with van der Waals surface area (Å²) in [5.41, 5.74) is 3.16. The largest absolute Gasteiger partial charge is 0.330 e. The van der Waals surface area contributed by atoms with Crippen LogP contribution in [0.15, 0.2) is 103 Å². The number of anilines is 2. The number of likely N-dealkylation sites (N-methyl/N-ethyl adjacent to an activating group) is 1. The van der Waals surface area contributed by atoms with Crippen LogP contribution in [0.2, 0.25) is 0 Å². The van der Waals surface area contributed by atoms with Crippen molar-refractivity contribution in [2.24, 2.45) is 0 Å². The Kier molecular flexibility index (Phi) is 10.7. The SMILES string of the molecule is C=CC(=O)Nc1ccc(C(=O)Nc2cccc(C(=O)NC(=N)C3=C(C)C(C)(C)N(C(=O)N[C@H](CN(C)C)c4ccccc4)C3)c2)cc1. The molecule has 4 rings (SSSR count). The van der Waals surface area contributed by atoms with Crippen LogP contribution < -0.4 is 21.3 Å². The summed E-state index contributed by atoms with van der Waals surface area (Å²) in [6.07, 6.45) is 1.15. The molecule has 0 aromatic heterocycles. The van der Waals surface area contributed by atoms with Gasteiger partial charge >= 0.3 is 6.03 Å². The minimum Gasteiger partial charge on any atom is -0.330 e. The van der Waals surface area contributed by atoms with Crippen LogP contribution in [0.3, 0.4) is 0 Å². The van der Waals surface area contributed by atoms with Crippen molar-refractivity contribution in [3.63, 3.8) is 0 Å². The summed E-state index contributed by atoms with van der Waals surface area (Å²) in [5.74, 6) is -1.38. The average molecular weight is 636 g/mol. The summed E-state index contributed by atoms with van der Waals surface area (Å²) in [4.78, 5) is 54.9. The molecule has 0 spiro atoms. The second-order valence-corrected chi connectivity index (χ2v) is 12.1. The lowest BCUT2D eigenvalue weighted by molar-refractivity contribution is -0.111. The average Bonchev–Trinajstić information content (AvgIpc) is 3.29. The highest BCUT2D eigenvalue weighted by molar-refractivity contribution is 6.13. The monoisotopic (exact) mass is 635 g/mol. The molecule has 0 radical (unpaired) electrons. The van der Waals surface area contributed by atoms with Gasteiger partial charge < -0.3 is 31.1 Å². The maximum Gasteiger partial charge on any atom is 0.318 e. The van der Waals surface area contributed by atoms with Gasteiger partial charge in [-0.15, -0.1) is 0 Å². The summed E-state index contributed by atoms with van der Waals surface area (Å²) in [6, 6.07) is 22.0. The number of carbonyl (C=O) groups is 4. The van der Waals surface area contributed by atoms with Gasteiger partial charge in [0.2, 0.25) is 5.91 Å². The Balaban J connectivity index is 1.41. The first-order valence-corrected chi connectivity index (χ1v) is 15.1. The lowest BCUT2D eigenvalue weighted by Crippen LogP contribution is -2.51. The van der Waals surface area contributed by atoms with Gasteiger partial charge in [-0.2, -0.15) is 0 Å². The number of rotatable bonds is 10. The molecule has 244 valence electrons. The van der Waals surface area contributed by atoms with E-state index in [4.69, 9.17) is 5.41 Å². The highest BCUT2D eigenvalue weighted by Gasteiger charge is 2.42. The number of nitrogens with one attached hydrogen (secondary N) is 5. The Hall–Kier alpha value is -5.55. The van der Waals surface area contributed by atoms with Gasteiger partial charge in [0, 0.05) is 34.6 Å². The molecule has 5 amide bonds. The third kappa shape index (κ3) is 8.39. The summed E-state index contributed by atoms with van der Waals surface area (Å²) >= 11 is 0. The first-order chi connectivity index (χ1) is 22.3. The van der Waals surface area contributed by atoms with E-state index in [0.29, 0.717) is 29.1 Å². The van der Waals surface area contributed by atoms with Crippen LogP contribution >= 0.6 is 0 Å². The van der Waals surface area contributed by atoms with Gasteiger partial charge in [-0.25, -0.2) is 4.79 Å². The van der Waals surface area contributed by atoms with Gasteiger partial charge in [-0.3, -0.25) is 19.8 Å². The predicted molar refractivity (Wildman–Crippen MR) is 185 cm³/mol. The molecule has 5 N–H and O–H groups in total. The van der Waals surface area contributed by atoms with Gasteiger partial charge in [0.1, 0.15) is 5.84 Å². The lowest BCUT2D eigenvalue weighted by atomic mass is 9.94. The molecule has 11 nitrogen and oxygen atoms in total. The van der Waals surface area contributed by atoms with Crippen molar-refractivity contribution in [3.05, 3.63) is 119 Å². The number of amidine groups is 1. The fourth-order valence-corrected chi connectivity index (χ4v) is 5.25. The standard InChI is InChI=1S/C36H41N7O4/c1-7-31(44)38-27-18-16-25(17-19-27)33(45)39-28-15-11-14-26(20-28)34(46)41-32(37)29-21-43(36(3,4)23(29)2)35(47)40-30(22-42(5)6)24-12-9-8-10-13-24/h7-20,30H,1,21-22H2,2-6H3,(H,38,44)(H,39,45)(H,40,47)(H2,37,41,46)/t30-/m1/s1. The molecule has 1 aliphatic heterocycles. The molecular weight excluding hydrogens is 594 g/mol. The number of amides is 5. The maximum absolute atomic E-state index is 13.6. The zero-order chi connectivity index (χ0) is 34.3. The number of carbonyl (C=O) groups excluding carboxylic acids is 4. The highest BCUT2D eigenvalue weighted by atomic mass is 16.2. The highest BCUT2D eigenvalue weighted by Crippen LogP contribution is 2.34. The van der Waals surface area contributed by atoms with Crippen molar-refractivity contribution in [3.8, 4) is 0 Å². The molecule has 0 fully saturated rings. The molecule has 0 bridgehead atoms. The zero-order valence-corrected chi connectivity index (χ0v) is 27.3. The van der Waals surface area contributed by atoms with Crippen LogP contribution in [0.1, 0.15) is 53.1 Å². The van der Waals surface area contributed by atoms with Crippen LogP contribution in [-0.4, -0.2) is 72.1 Å². The zero-order valence-electron chi connectivity index (χ0n) is 27.3. The summed E-state index contributed by atoms with van der Waals surface area (Å²) in [5, 5.41) is 20.0. The first-order valence-electron chi connectivity index (χ1n) is 15.1. The maximum atomic E-state index is 13.6. The Bertz CT molecular complexity index is 1710. The van der Waals surface area contributed by atoms with Gasteiger partial charge in [-0.05, 0) is 94.5 Å². The summed E-state index contributed by atoms with van der Waals surface area (Å²) < 4.78 is 0. The smallest absolute Gasteiger partial charge is 0.318 e. The van der Waals surface area contributed by atoms with Crippen molar-refractivity contribution < 1.29 is 19.2 Å². The van der Waals surface area contributed by atoms with E-state index >= 15 is 0 Å². The van der Waals surface area contributed by atoms with Crippen LogP contribution in [0.25, 0.3) is 0 Å². The second-order valence-electron chi connectivity index (χ2n) is 12.1. The molecule has 11 heteroatoms. The van der Waals surface area contributed by atoms with Crippen LogP contribution in [0.4, 0.5) is 16.2 Å². The normalized spacial score (nSPS) is 14.3. The molecular formula is C36H41N7O4.